The maximum Gasteiger partial charge on any atom is 0.134 e. The fourth-order valence-corrected chi connectivity index (χ4v) is 3.53. The molecule has 0 fully saturated rings. The van der Waals surface area contributed by atoms with Crippen molar-refractivity contribution in [2.45, 2.75) is 26.4 Å². The SMILES string of the molecule is COc1ccccc1CNc1cc(N2CCc3ccccc3C2)nc(C)n1. The number of hydrogen-bond acceptors (Lipinski definition) is 5. The van der Waals surface area contributed by atoms with Crippen molar-refractivity contribution in [2.75, 3.05) is 23.9 Å². The first-order valence-corrected chi connectivity index (χ1v) is 9.26. The average molecular weight is 360 g/mol. The molecule has 1 aromatic heterocycles. The van der Waals surface area contributed by atoms with Gasteiger partial charge < -0.3 is 15.0 Å². The highest BCUT2D eigenvalue weighted by Gasteiger charge is 2.18. The molecule has 2 heterocycles. The van der Waals surface area contributed by atoms with Gasteiger partial charge in [-0.25, -0.2) is 9.97 Å². The van der Waals surface area contributed by atoms with E-state index in [0.717, 1.165) is 48.3 Å². The first kappa shape index (κ1) is 17.3. The van der Waals surface area contributed by atoms with Gasteiger partial charge in [-0.1, -0.05) is 42.5 Å². The summed E-state index contributed by atoms with van der Waals surface area (Å²) in [6.07, 6.45) is 1.04. The highest BCUT2D eigenvalue weighted by atomic mass is 16.5. The predicted octanol–water partition coefficient (Wildman–Crippen LogP) is 3.97. The summed E-state index contributed by atoms with van der Waals surface area (Å²) in [7, 11) is 1.69. The third-order valence-electron chi connectivity index (χ3n) is 4.93. The maximum absolute atomic E-state index is 5.43. The fraction of sp³-hybridized carbons (Fsp3) is 0.273. The van der Waals surface area contributed by atoms with Crippen LogP contribution in [0.25, 0.3) is 0 Å². The van der Waals surface area contributed by atoms with Crippen molar-refractivity contribution in [3.63, 3.8) is 0 Å². The Bertz CT molecular complexity index is 941. The second kappa shape index (κ2) is 7.66. The van der Waals surface area contributed by atoms with E-state index in [1.165, 1.54) is 11.1 Å². The quantitative estimate of drug-likeness (QED) is 0.746. The van der Waals surface area contributed by atoms with Crippen LogP contribution in [0.4, 0.5) is 11.6 Å². The van der Waals surface area contributed by atoms with Gasteiger partial charge in [-0.3, -0.25) is 0 Å². The minimum absolute atomic E-state index is 0.655. The highest BCUT2D eigenvalue weighted by molar-refractivity contribution is 5.52. The zero-order valence-electron chi connectivity index (χ0n) is 15.8. The van der Waals surface area contributed by atoms with Crippen LogP contribution < -0.4 is 15.0 Å². The molecule has 0 amide bonds. The number of anilines is 2. The van der Waals surface area contributed by atoms with Crippen molar-refractivity contribution < 1.29 is 4.74 Å². The lowest BCUT2D eigenvalue weighted by molar-refractivity contribution is 0.410. The average Bonchev–Trinajstić information content (AvgIpc) is 2.71. The summed E-state index contributed by atoms with van der Waals surface area (Å²) in [5.41, 5.74) is 3.92. The Labute approximate surface area is 160 Å². The molecule has 0 bridgehead atoms. The smallest absolute Gasteiger partial charge is 0.134 e. The predicted molar refractivity (Wildman–Crippen MR) is 108 cm³/mol. The number of ether oxygens (including phenoxy) is 1. The van der Waals surface area contributed by atoms with Crippen molar-refractivity contribution in [3.05, 3.63) is 77.1 Å². The first-order valence-electron chi connectivity index (χ1n) is 9.26. The number of benzene rings is 2. The maximum atomic E-state index is 5.43. The van der Waals surface area contributed by atoms with Gasteiger partial charge in [0.25, 0.3) is 0 Å². The lowest BCUT2D eigenvalue weighted by Gasteiger charge is -2.30. The van der Waals surface area contributed by atoms with Crippen LogP contribution in [0.3, 0.4) is 0 Å². The summed E-state index contributed by atoms with van der Waals surface area (Å²) >= 11 is 0. The largest absolute Gasteiger partial charge is 0.496 e. The number of aromatic nitrogens is 2. The summed E-state index contributed by atoms with van der Waals surface area (Å²) in [4.78, 5) is 11.5. The van der Waals surface area contributed by atoms with Crippen LogP contribution >= 0.6 is 0 Å². The molecule has 2 aromatic carbocycles. The van der Waals surface area contributed by atoms with E-state index in [0.29, 0.717) is 6.54 Å². The lowest BCUT2D eigenvalue weighted by atomic mass is 10.00. The van der Waals surface area contributed by atoms with Gasteiger partial charge in [-0.05, 0) is 30.5 Å². The molecule has 27 heavy (non-hydrogen) atoms. The number of rotatable bonds is 5. The number of nitrogens with one attached hydrogen (secondary N) is 1. The van der Waals surface area contributed by atoms with E-state index in [1.54, 1.807) is 7.11 Å². The van der Waals surface area contributed by atoms with Gasteiger partial charge >= 0.3 is 0 Å². The van der Waals surface area contributed by atoms with Gasteiger partial charge in [-0.2, -0.15) is 0 Å². The monoisotopic (exact) mass is 360 g/mol. The molecule has 1 N–H and O–H groups in total. The van der Waals surface area contributed by atoms with Crippen LogP contribution in [0.5, 0.6) is 5.75 Å². The molecule has 1 aliphatic rings. The molecule has 1 aliphatic heterocycles. The molecule has 3 aromatic rings. The van der Waals surface area contributed by atoms with Gasteiger partial charge in [0.1, 0.15) is 23.2 Å². The zero-order valence-corrected chi connectivity index (χ0v) is 15.8. The molecule has 0 aliphatic carbocycles. The summed E-state index contributed by atoms with van der Waals surface area (Å²) in [5, 5.41) is 3.42. The molecule has 4 rings (SSSR count). The van der Waals surface area contributed by atoms with E-state index >= 15 is 0 Å². The van der Waals surface area contributed by atoms with Gasteiger partial charge in [0.15, 0.2) is 0 Å². The van der Waals surface area contributed by atoms with E-state index in [-0.39, 0.29) is 0 Å². The zero-order chi connectivity index (χ0) is 18.6. The van der Waals surface area contributed by atoms with E-state index in [1.807, 2.05) is 31.2 Å². The van der Waals surface area contributed by atoms with Gasteiger partial charge in [0.05, 0.1) is 7.11 Å². The molecule has 0 unspecified atom stereocenters. The normalized spacial score (nSPS) is 13.2. The van der Waals surface area contributed by atoms with Gasteiger partial charge in [-0.15, -0.1) is 0 Å². The van der Waals surface area contributed by atoms with E-state index in [9.17, 15) is 0 Å². The van der Waals surface area contributed by atoms with Crippen LogP contribution in [-0.4, -0.2) is 23.6 Å². The number of nitrogens with zero attached hydrogens (tertiary/aromatic N) is 3. The number of aryl methyl sites for hydroxylation is 1. The molecular formula is C22H24N4O. The number of para-hydroxylation sites is 1. The Kier molecular flexibility index (Phi) is 4.92. The summed E-state index contributed by atoms with van der Waals surface area (Å²) in [5.74, 6) is 3.46. The molecule has 0 radical (unpaired) electrons. The van der Waals surface area contributed by atoms with Crippen LogP contribution in [0.15, 0.2) is 54.6 Å². The molecule has 5 heteroatoms. The Hall–Kier alpha value is -3.08. The Morgan fingerprint density at radius 1 is 1.04 bits per heavy atom. The highest BCUT2D eigenvalue weighted by Crippen LogP contribution is 2.25. The van der Waals surface area contributed by atoms with Crippen molar-refractivity contribution in [1.82, 2.24) is 9.97 Å². The second-order valence-corrected chi connectivity index (χ2v) is 6.76. The van der Waals surface area contributed by atoms with Crippen molar-refractivity contribution in [1.29, 1.82) is 0 Å². The molecule has 0 saturated heterocycles. The topological polar surface area (TPSA) is 50.3 Å². The van der Waals surface area contributed by atoms with Crippen molar-refractivity contribution in [2.24, 2.45) is 0 Å². The first-order chi connectivity index (χ1) is 13.2. The number of fused-ring (bicyclic) bond motifs is 1. The minimum Gasteiger partial charge on any atom is -0.496 e. The van der Waals surface area contributed by atoms with E-state index in [2.05, 4.69) is 50.5 Å². The summed E-state index contributed by atoms with van der Waals surface area (Å²) in [6.45, 7) is 4.45. The molecule has 5 nitrogen and oxygen atoms in total. The molecule has 138 valence electrons. The fourth-order valence-electron chi connectivity index (χ4n) is 3.53. The molecule has 0 atom stereocenters. The Balaban J connectivity index is 1.52. The second-order valence-electron chi connectivity index (χ2n) is 6.76. The van der Waals surface area contributed by atoms with Crippen molar-refractivity contribution in [3.8, 4) is 5.75 Å². The van der Waals surface area contributed by atoms with Crippen LogP contribution in [0.2, 0.25) is 0 Å². The summed E-state index contributed by atoms with van der Waals surface area (Å²) < 4.78 is 5.43. The summed E-state index contributed by atoms with van der Waals surface area (Å²) in [6, 6.07) is 18.7. The molecular weight excluding hydrogens is 336 g/mol. The van der Waals surface area contributed by atoms with Gasteiger partial charge in [0, 0.05) is 31.3 Å². The minimum atomic E-state index is 0.655. The van der Waals surface area contributed by atoms with Crippen molar-refractivity contribution >= 4 is 11.6 Å². The number of methoxy groups -OCH3 is 1. The standard InChI is InChI=1S/C22H24N4O/c1-16-24-21(23-14-18-8-5-6-10-20(18)27-2)13-22(25-16)26-12-11-17-7-3-4-9-19(17)15-26/h3-10,13H,11-12,14-15H2,1-2H3,(H,23,24,25). The van der Waals surface area contributed by atoms with E-state index < -0.39 is 0 Å². The lowest BCUT2D eigenvalue weighted by Crippen LogP contribution is -2.31. The van der Waals surface area contributed by atoms with Crippen LogP contribution in [0, 0.1) is 6.92 Å². The van der Waals surface area contributed by atoms with E-state index in [4.69, 9.17) is 4.74 Å². The molecule has 0 spiro atoms. The Morgan fingerprint density at radius 2 is 1.81 bits per heavy atom. The third kappa shape index (κ3) is 3.87. The number of hydrogen-bond donors (Lipinski definition) is 1. The van der Waals surface area contributed by atoms with Crippen LogP contribution in [-0.2, 0) is 19.5 Å². The van der Waals surface area contributed by atoms with Crippen LogP contribution in [0.1, 0.15) is 22.5 Å². The van der Waals surface area contributed by atoms with Gasteiger partial charge in [0.2, 0.25) is 0 Å². The Morgan fingerprint density at radius 3 is 2.67 bits per heavy atom. The third-order valence-corrected chi connectivity index (χ3v) is 4.93. The molecule has 0 saturated carbocycles.